The van der Waals surface area contributed by atoms with Crippen molar-refractivity contribution >= 4 is 17.4 Å². The standard InChI is InChI=1S/C27H32FN3O2/c1-27-13-11-21-20-7-3-2-5-17(20)9-10-22(21)26(27)18(15-23(27)31-33)6-4-8-25(32)30-24-16-19(28)12-14-29-24/h2-3,5,7,12,14,16,18,21-22,26,33H,4,6,8-11,13,15H2,1H3,(H,29,30,32)/b31-23+/t18-,21?,22?,26?,27-/m1/s1. The van der Waals surface area contributed by atoms with Gasteiger partial charge in [0.2, 0.25) is 5.91 Å². The fourth-order valence-electron chi connectivity index (χ4n) is 7.23. The van der Waals surface area contributed by atoms with E-state index in [0.717, 1.165) is 44.2 Å². The van der Waals surface area contributed by atoms with Gasteiger partial charge in [0.05, 0.1) is 5.71 Å². The van der Waals surface area contributed by atoms with Gasteiger partial charge in [-0.3, -0.25) is 4.79 Å². The summed E-state index contributed by atoms with van der Waals surface area (Å²) in [5.41, 5.74) is 3.91. The first kappa shape index (κ1) is 22.1. The van der Waals surface area contributed by atoms with Gasteiger partial charge in [-0.05, 0) is 85.8 Å². The molecule has 0 radical (unpaired) electrons. The summed E-state index contributed by atoms with van der Waals surface area (Å²) in [5, 5.41) is 16.3. The average Bonchev–Trinajstić information content (AvgIpc) is 3.10. The van der Waals surface area contributed by atoms with Crippen molar-refractivity contribution in [2.24, 2.45) is 28.3 Å². The number of hydrogen-bond donors (Lipinski definition) is 2. The number of hydrogen-bond acceptors (Lipinski definition) is 4. The summed E-state index contributed by atoms with van der Waals surface area (Å²) >= 11 is 0. The quantitative estimate of drug-likeness (QED) is 0.438. The Kier molecular flexibility index (Phi) is 5.94. The summed E-state index contributed by atoms with van der Waals surface area (Å²) in [4.78, 5) is 16.4. The number of anilines is 1. The molecular weight excluding hydrogens is 417 g/mol. The van der Waals surface area contributed by atoms with Crippen molar-refractivity contribution in [1.29, 1.82) is 0 Å². The number of aromatic nitrogens is 1. The molecule has 0 saturated heterocycles. The highest BCUT2D eigenvalue weighted by molar-refractivity contribution is 5.92. The minimum Gasteiger partial charge on any atom is -0.411 e. The molecule has 2 N–H and O–H groups in total. The molecule has 2 fully saturated rings. The first-order valence-corrected chi connectivity index (χ1v) is 12.2. The Hall–Kier alpha value is -2.76. The Morgan fingerprint density at radius 3 is 2.97 bits per heavy atom. The molecule has 1 heterocycles. The third kappa shape index (κ3) is 4.04. The Labute approximate surface area is 194 Å². The van der Waals surface area contributed by atoms with E-state index in [-0.39, 0.29) is 17.1 Å². The first-order chi connectivity index (χ1) is 16.0. The Bertz CT molecular complexity index is 1070. The van der Waals surface area contributed by atoms with E-state index in [1.807, 2.05) is 0 Å². The van der Waals surface area contributed by atoms with Crippen LogP contribution in [0.15, 0.2) is 47.8 Å². The molecule has 3 aliphatic carbocycles. The van der Waals surface area contributed by atoms with Crippen LogP contribution < -0.4 is 5.32 Å². The van der Waals surface area contributed by atoms with E-state index in [4.69, 9.17) is 0 Å². The fraction of sp³-hybridized carbons (Fsp3) is 0.519. The zero-order valence-electron chi connectivity index (χ0n) is 19.1. The van der Waals surface area contributed by atoms with Crippen molar-refractivity contribution in [3.05, 3.63) is 59.5 Å². The van der Waals surface area contributed by atoms with Gasteiger partial charge in [-0.15, -0.1) is 0 Å². The lowest BCUT2D eigenvalue weighted by molar-refractivity contribution is -0.116. The third-order valence-corrected chi connectivity index (χ3v) is 8.60. The first-order valence-electron chi connectivity index (χ1n) is 12.2. The van der Waals surface area contributed by atoms with Crippen molar-refractivity contribution in [3.63, 3.8) is 0 Å². The molecule has 5 rings (SSSR count). The van der Waals surface area contributed by atoms with Gasteiger partial charge in [0.1, 0.15) is 11.6 Å². The molecule has 5 atom stereocenters. The SMILES string of the molecule is C[C@]12CCC3c4ccccc4CCC3C1[C@H](CCCC(=O)Nc1cc(F)ccn1)C/C2=N\O. The second-order valence-electron chi connectivity index (χ2n) is 10.3. The molecule has 174 valence electrons. The summed E-state index contributed by atoms with van der Waals surface area (Å²) in [6.45, 7) is 2.30. The van der Waals surface area contributed by atoms with Gasteiger partial charge in [-0.1, -0.05) is 36.3 Å². The summed E-state index contributed by atoms with van der Waals surface area (Å²) in [6, 6.07) is 11.4. The number of halogens is 1. The number of amides is 1. The Morgan fingerprint density at radius 2 is 2.15 bits per heavy atom. The number of nitrogens with one attached hydrogen (secondary N) is 1. The van der Waals surface area contributed by atoms with Gasteiger partial charge >= 0.3 is 0 Å². The van der Waals surface area contributed by atoms with E-state index in [1.54, 1.807) is 0 Å². The molecule has 0 bridgehead atoms. The number of rotatable bonds is 5. The molecule has 6 heteroatoms. The van der Waals surface area contributed by atoms with Crippen LogP contribution >= 0.6 is 0 Å². The van der Waals surface area contributed by atoms with E-state index in [1.165, 1.54) is 35.9 Å². The maximum absolute atomic E-state index is 13.3. The second kappa shape index (κ2) is 8.88. The minimum absolute atomic E-state index is 0.0549. The molecule has 5 nitrogen and oxygen atoms in total. The molecule has 3 unspecified atom stereocenters. The molecule has 1 aromatic heterocycles. The average molecular weight is 450 g/mol. The highest BCUT2D eigenvalue weighted by Crippen LogP contribution is 2.62. The zero-order chi connectivity index (χ0) is 23.0. The molecular formula is C27H32FN3O2. The van der Waals surface area contributed by atoms with Crippen molar-refractivity contribution in [2.45, 2.75) is 64.2 Å². The number of pyridine rings is 1. The van der Waals surface area contributed by atoms with Crippen molar-refractivity contribution in [1.82, 2.24) is 4.98 Å². The normalized spacial score (nSPS) is 31.5. The van der Waals surface area contributed by atoms with Crippen LogP contribution in [0.3, 0.4) is 0 Å². The van der Waals surface area contributed by atoms with E-state index in [2.05, 4.69) is 46.6 Å². The maximum Gasteiger partial charge on any atom is 0.225 e. The summed E-state index contributed by atoms with van der Waals surface area (Å²) < 4.78 is 13.3. The highest BCUT2D eigenvalue weighted by atomic mass is 19.1. The topological polar surface area (TPSA) is 74.6 Å². The predicted octanol–water partition coefficient (Wildman–Crippen LogP) is 5.94. The molecule has 0 spiro atoms. The van der Waals surface area contributed by atoms with Crippen LogP contribution in [0.1, 0.15) is 68.9 Å². The highest BCUT2D eigenvalue weighted by Gasteiger charge is 2.57. The van der Waals surface area contributed by atoms with Crippen LogP contribution in [0.5, 0.6) is 0 Å². The van der Waals surface area contributed by atoms with Crippen molar-refractivity contribution in [2.75, 3.05) is 5.32 Å². The number of carbonyl (C=O) groups excluding carboxylic acids is 1. The lowest BCUT2D eigenvalue weighted by Gasteiger charge is -2.50. The zero-order valence-corrected chi connectivity index (χ0v) is 19.1. The Morgan fingerprint density at radius 1 is 1.30 bits per heavy atom. The van der Waals surface area contributed by atoms with E-state index in [0.29, 0.717) is 30.1 Å². The number of aryl methyl sites for hydroxylation is 1. The number of carbonyl (C=O) groups is 1. The minimum atomic E-state index is -0.415. The lowest BCUT2D eigenvalue weighted by atomic mass is 9.54. The van der Waals surface area contributed by atoms with Crippen LogP contribution in [0.25, 0.3) is 0 Å². The van der Waals surface area contributed by atoms with Gasteiger partial charge < -0.3 is 10.5 Å². The fourth-order valence-corrected chi connectivity index (χ4v) is 7.23. The van der Waals surface area contributed by atoms with Gasteiger partial charge in [-0.2, -0.15) is 0 Å². The van der Waals surface area contributed by atoms with Crippen LogP contribution in [-0.2, 0) is 11.2 Å². The van der Waals surface area contributed by atoms with Crippen LogP contribution in [-0.4, -0.2) is 21.8 Å². The molecule has 33 heavy (non-hydrogen) atoms. The predicted molar refractivity (Wildman–Crippen MR) is 126 cm³/mol. The summed E-state index contributed by atoms with van der Waals surface area (Å²) in [5.74, 6) is 1.76. The van der Waals surface area contributed by atoms with Gasteiger partial charge in [0, 0.05) is 24.1 Å². The summed E-state index contributed by atoms with van der Waals surface area (Å²) in [7, 11) is 0. The molecule has 1 aromatic carbocycles. The molecule has 2 aromatic rings. The smallest absolute Gasteiger partial charge is 0.225 e. The van der Waals surface area contributed by atoms with E-state index in [9.17, 15) is 14.4 Å². The van der Waals surface area contributed by atoms with Crippen molar-refractivity contribution in [3.8, 4) is 0 Å². The lowest BCUT2D eigenvalue weighted by Crippen LogP contribution is -2.44. The molecule has 3 aliphatic rings. The maximum atomic E-state index is 13.3. The van der Waals surface area contributed by atoms with Crippen molar-refractivity contribution < 1.29 is 14.4 Å². The Balaban J connectivity index is 1.28. The molecule has 1 amide bonds. The second-order valence-corrected chi connectivity index (χ2v) is 10.3. The largest absolute Gasteiger partial charge is 0.411 e. The van der Waals surface area contributed by atoms with Gasteiger partial charge in [0.25, 0.3) is 0 Å². The number of nitrogens with zero attached hydrogens (tertiary/aromatic N) is 2. The van der Waals surface area contributed by atoms with Crippen LogP contribution in [0, 0.1) is 29.0 Å². The van der Waals surface area contributed by atoms with Gasteiger partial charge in [-0.25, -0.2) is 9.37 Å². The number of benzene rings is 1. The van der Waals surface area contributed by atoms with Gasteiger partial charge in [0.15, 0.2) is 0 Å². The third-order valence-electron chi connectivity index (χ3n) is 8.60. The molecule has 2 saturated carbocycles. The molecule has 0 aliphatic heterocycles. The summed E-state index contributed by atoms with van der Waals surface area (Å²) in [6.07, 6.45) is 8.71. The van der Waals surface area contributed by atoms with Crippen LogP contribution in [0.4, 0.5) is 10.2 Å². The number of oxime groups is 1. The monoisotopic (exact) mass is 449 g/mol. The number of fused-ring (bicyclic) bond motifs is 5. The van der Waals surface area contributed by atoms with E-state index < -0.39 is 5.82 Å². The van der Waals surface area contributed by atoms with E-state index >= 15 is 0 Å². The van der Waals surface area contributed by atoms with Crippen LogP contribution in [0.2, 0.25) is 0 Å².